The summed E-state index contributed by atoms with van der Waals surface area (Å²) in [5.41, 5.74) is 0. The SMILES string of the molecule is O=C(CCS)N(CCO)CC(F)(F)F. The van der Waals surface area contributed by atoms with Crippen LogP contribution in [0.3, 0.4) is 0 Å². The summed E-state index contributed by atoms with van der Waals surface area (Å²) >= 11 is 3.74. The van der Waals surface area contributed by atoms with Crippen LogP contribution in [0.1, 0.15) is 6.42 Å². The van der Waals surface area contributed by atoms with Crippen molar-refractivity contribution in [1.82, 2.24) is 4.90 Å². The van der Waals surface area contributed by atoms with Gasteiger partial charge in [0.15, 0.2) is 0 Å². The van der Waals surface area contributed by atoms with Crippen molar-refractivity contribution in [2.75, 3.05) is 25.4 Å². The second kappa shape index (κ2) is 6.13. The largest absolute Gasteiger partial charge is 0.406 e. The van der Waals surface area contributed by atoms with E-state index in [0.717, 1.165) is 0 Å². The minimum atomic E-state index is -4.43. The average molecular weight is 231 g/mol. The summed E-state index contributed by atoms with van der Waals surface area (Å²) < 4.78 is 35.8. The third-order valence-electron chi connectivity index (χ3n) is 1.42. The van der Waals surface area contributed by atoms with Gasteiger partial charge in [0, 0.05) is 13.0 Å². The van der Waals surface area contributed by atoms with Gasteiger partial charge in [-0.2, -0.15) is 25.8 Å². The molecule has 14 heavy (non-hydrogen) atoms. The first-order valence-electron chi connectivity index (χ1n) is 3.97. The summed E-state index contributed by atoms with van der Waals surface area (Å²) in [4.78, 5) is 11.7. The molecule has 0 aliphatic rings. The Morgan fingerprint density at radius 2 is 2.00 bits per heavy atom. The zero-order chi connectivity index (χ0) is 11.2. The number of hydrogen-bond donors (Lipinski definition) is 2. The third kappa shape index (κ3) is 6.09. The van der Waals surface area contributed by atoms with Gasteiger partial charge >= 0.3 is 6.18 Å². The molecule has 0 fully saturated rings. The van der Waals surface area contributed by atoms with Gasteiger partial charge in [-0.05, 0) is 5.75 Å². The highest BCUT2D eigenvalue weighted by Crippen LogP contribution is 2.16. The number of carbonyl (C=O) groups excluding carboxylic acids is 1. The van der Waals surface area contributed by atoms with E-state index in [4.69, 9.17) is 5.11 Å². The van der Waals surface area contributed by atoms with E-state index >= 15 is 0 Å². The number of hydrogen-bond acceptors (Lipinski definition) is 3. The molecule has 0 aliphatic heterocycles. The molecule has 0 spiro atoms. The number of rotatable bonds is 5. The summed E-state index contributed by atoms with van der Waals surface area (Å²) in [5, 5.41) is 8.47. The Balaban J connectivity index is 4.21. The highest BCUT2D eigenvalue weighted by atomic mass is 32.1. The zero-order valence-corrected chi connectivity index (χ0v) is 8.31. The normalized spacial score (nSPS) is 11.5. The van der Waals surface area contributed by atoms with Crippen molar-refractivity contribution in [2.45, 2.75) is 12.6 Å². The van der Waals surface area contributed by atoms with Gasteiger partial charge < -0.3 is 10.0 Å². The molecule has 0 heterocycles. The van der Waals surface area contributed by atoms with Crippen LogP contribution in [0.5, 0.6) is 0 Å². The lowest BCUT2D eigenvalue weighted by Crippen LogP contribution is -2.40. The molecule has 0 unspecified atom stereocenters. The minimum absolute atomic E-state index is 0.0564. The van der Waals surface area contributed by atoms with Gasteiger partial charge in [0.25, 0.3) is 0 Å². The summed E-state index contributed by atoms with van der Waals surface area (Å²) in [6.45, 7) is -2.10. The third-order valence-corrected chi connectivity index (χ3v) is 1.64. The summed E-state index contributed by atoms with van der Waals surface area (Å²) in [6, 6.07) is 0. The fraction of sp³-hybridized carbons (Fsp3) is 0.857. The monoisotopic (exact) mass is 231 g/mol. The van der Waals surface area contributed by atoms with Crippen LogP contribution in [0, 0.1) is 0 Å². The van der Waals surface area contributed by atoms with Gasteiger partial charge in [0.1, 0.15) is 6.54 Å². The molecule has 0 atom stereocenters. The van der Waals surface area contributed by atoms with E-state index in [1.54, 1.807) is 0 Å². The Hall–Kier alpha value is -0.430. The molecule has 0 bridgehead atoms. The van der Waals surface area contributed by atoms with Gasteiger partial charge in [-0.15, -0.1) is 0 Å². The molecule has 0 saturated heterocycles. The van der Waals surface area contributed by atoms with Crippen LogP contribution in [0.15, 0.2) is 0 Å². The van der Waals surface area contributed by atoms with E-state index in [2.05, 4.69) is 12.6 Å². The Morgan fingerprint density at radius 1 is 1.43 bits per heavy atom. The quantitative estimate of drug-likeness (QED) is 0.683. The first kappa shape index (κ1) is 13.6. The van der Waals surface area contributed by atoms with Crippen molar-refractivity contribution in [3.8, 4) is 0 Å². The molecular formula is C7H12F3NO2S. The number of alkyl halides is 3. The first-order valence-corrected chi connectivity index (χ1v) is 4.60. The molecule has 0 saturated carbocycles. The average Bonchev–Trinajstić information content (AvgIpc) is 2.01. The van der Waals surface area contributed by atoms with Crippen LogP contribution in [0.2, 0.25) is 0 Å². The maximum absolute atomic E-state index is 11.9. The Labute approximate surface area is 85.3 Å². The molecule has 84 valence electrons. The Morgan fingerprint density at radius 3 is 2.36 bits per heavy atom. The van der Waals surface area contributed by atoms with E-state index < -0.39 is 25.2 Å². The van der Waals surface area contributed by atoms with Crippen LogP contribution in [-0.2, 0) is 4.79 Å². The number of thiol groups is 1. The predicted octanol–water partition coefficient (Wildman–Crippen LogP) is 0.690. The van der Waals surface area contributed by atoms with Crippen LogP contribution in [-0.4, -0.2) is 47.5 Å². The van der Waals surface area contributed by atoms with Gasteiger partial charge in [-0.3, -0.25) is 4.79 Å². The molecule has 0 rings (SSSR count). The number of carbonyl (C=O) groups is 1. The van der Waals surface area contributed by atoms with Gasteiger partial charge in [0.2, 0.25) is 5.91 Å². The molecule has 1 N–H and O–H groups in total. The number of halogens is 3. The van der Waals surface area contributed by atoms with Crippen LogP contribution >= 0.6 is 12.6 Å². The number of amides is 1. The fourth-order valence-corrected chi connectivity index (χ4v) is 1.07. The van der Waals surface area contributed by atoms with E-state index in [9.17, 15) is 18.0 Å². The molecule has 0 radical (unpaired) electrons. The molecular weight excluding hydrogens is 219 g/mol. The smallest absolute Gasteiger partial charge is 0.395 e. The van der Waals surface area contributed by atoms with Crippen LogP contribution < -0.4 is 0 Å². The Kier molecular flexibility index (Phi) is 5.94. The second-order valence-electron chi connectivity index (χ2n) is 2.63. The van der Waals surface area contributed by atoms with Gasteiger partial charge in [-0.1, -0.05) is 0 Å². The number of nitrogens with zero attached hydrogens (tertiary/aromatic N) is 1. The highest BCUT2D eigenvalue weighted by Gasteiger charge is 2.32. The van der Waals surface area contributed by atoms with Crippen molar-refractivity contribution in [1.29, 1.82) is 0 Å². The summed E-state index contributed by atoms with van der Waals surface area (Å²) in [5.74, 6) is -0.454. The van der Waals surface area contributed by atoms with Crippen LogP contribution in [0.4, 0.5) is 13.2 Å². The maximum Gasteiger partial charge on any atom is 0.406 e. The lowest BCUT2D eigenvalue weighted by atomic mass is 10.3. The summed E-state index contributed by atoms with van der Waals surface area (Å²) in [7, 11) is 0. The first-order chi connectivity index (χ1) is 6.40. The highest BCUT2D eigenvalue weighted by molar-refractivity contribution is 7.80. The van der Waals surface area contributed by atoms with E-state index in [-0.39, 0.29) is 18.7 Å². The zero-order valence-electron chi connectivity index (χ0n) is 7.42. The topological polar surface area (TPSA) is 40.5 Å². The van der Waals surface area contributed by atoms with Crippen molar-refractivity contribution < 1.29 is 23.1 Å². The molecule has 0 aromatic heterocycles. The number of aliphatic hydroxyl groups excluding tert-OH is 1. The van der Waals surface area contributed by atoms with E-state index in [1.807, 2.05) is 0 Å². The van der Waals surface area contributed by atoms with Crippen molar-refractivity contribution in [3.63, 3.8) is 0 Å². The maximum atomic E-state index is 11.9. The van der Waals surface area contributed by atoms with E-state index in [1.165, 1.54) is 0 Å². The Bertz CT molecular complexity index is 186. The molecule has 3 nitrogen and oxygen atoms in total. The van der Waals surface area contributed by atoms with Crippen LogP contribution in [0.25, 0.3) is 0 Å². The lowest BCUT2D eigenvalue weighted by molar-refractivity contribution is -0.161. The molecule has 0 aromatic carbocycles. The van der Waals surface area contributed by atoms with Crippen molar-refractivity contribution in [2.24, 2.45) is 0 Å². The summed E-state index contributed by atoms with van der Waals surface area (Å²) in [6.07, 6.45) is -4.49. The molecule has 1 amide bonds. The van der Waals surface area contributed by atoms with Crippen molar-refractivity contribution >= 4 is 18.5 Å². The lowest BCUT2D eigenvalue weighted by Gasteiger charge is -2.22. The fourth-order valence-electron chi connectivity index (χ4n) is 0.883. The molecule has 0 aromatic rings. The van der Waals surface area contributed by atoms with Crippen molar-refractivity contribution in [3.05, 3.63) is 0 Å². The van der Waals surface area contributed by atoms with Gasteiger partial charge in [0.05, 0.1) is 6.61 Å². The molecule has 0 aliphatic carbocycles. The minimum Gasteiger partial charge on any atom is -0.395 e. The van der Waals surface area contributed by atoms with Gasteiger partial charge in [-0.25, -0.2) is 0 Å². The molecule has 7 heteroatoms. The predicted molar refractivity (Wildman–Crippen MR) is 48.2 cm³/mol. The van der Waals surface area contributed by atoms with E-state index in [0.29, 0.717) is 4.90 Å². The number of aliphatic hydroxyl groups is 1. The second-order valence-corrected chi connectivity index (χ2v) is 3.07. The standard InChI is InChI=1S/C7H12F3NO2S/c8-7(9,10)5-11(2-3-12)6(13)1-4-14/h12,14H,1-5H2.